The van der Waals surface area contributed by atoms with Crippen LogP contribution in [0.4, 0.5) is 4.39 Å². The molecular formula is C18H14FN3OS. The van der Waals surface area contributed by atoms with Gasteiger partial charge >= 0.3 is 0 Å². The highest BCUT2D eigenvalue weighted by Crippen LogP contribution is 2.41. The van der Waals surface area contributed by atoms with Crippen LogP contribution >= 0.6 is 11.8 Å². The number of halogens is 1. The zero-order chi connectivity index (χ0) is 16.7. The predicted octanol–water partition coefficient (Wildman–Crippen LogP) is 4.27. The summed E-state index contributed by atoms with van der Waals surface area (Å²) in [5.74, 6) is 0.172. The predicted molar refractivity (Wildman–Crippen MR) is 90.4 cm³/mol. The largest absolute Gasteiger partial charge is 0.272 e. The third-order valence-corrected chi connectivity index (χ3v) is 5.17. The Kier molecular flexibility index (Phi) is 3.69. The van der Waals surface area contributed by atoms with Crippen LogP contribution in [0.1, 0.15) is 27.6 Å². The molecule has 4 rings (SSSR count). The lowest BCUT2D eigenvalue weighted by atomic mass is 10.1. The van der Waals surface area contributed by atoms with Gasteiger partial charge < -0.3 is 0 Å². The highest BCUT2D eigenvalue weighted by Gasteiger charge is 2.30. The van der Waals surface area contributed by atoms with Crippen molar-refractivity contribution in [1.29, 1.82) is 0 Å². The van der Waals surface area contributed by atoms with Crippen molar-refractivity contribution < 1.29 is 9.18 Å². The number of fused-ring (bicyclic) bond motifs is 1. The second-order valence-electron chi connectivity index (χ2n) is 5.75. The molecule has 1 atom stereocenters. The van der Waals surface area contributed by atoms with Crippen LogP contribution in [0.2, 0.25) is 0 Å². The van der Waals surface area contributed by atoms with Crippen molar-refractivity contribution in [3.05, 3.63) is 65.5 Å². The van der Waals surface area contributed by atoms with Crippen molar-refractivity contribution in [1.82, 2.24) is 14.8 Å². The fourth-order valence-corrected chi connectivity index (χ4v) is 3.79. The number of thioether (sulfide) groups is 1. The van der Waals surface area contributed by atoms with E-state index in [1.807, 2.05) is 31.2 Å². The van der Waals surface area contributed by atoms with Crippen LogP contribution in [0.25, 0.3) is 11.4 Å². The molecule has 1 aromatic heterocycles. The number of benzene rings is 2. The van der Waals surface area contributed by atoms with Crippen LogP contribution in [-0.4, -0.2) is 20.7 Å². The topological polar surface area (TPSA) is 47.8 Å². The van der Waals surface area contributed by atoms with Gasteiger partial charge in [0.25, 0.3) is 5.91 Å². The van der Waals surface area contributed by atoms with E-state index in [1.54, 1.807) is 12.1 Å². The number of carbonyl (C=O) groups is 1. The molecule has 0 amide bonds. The molecule has 2 aromatic carbocycles. The van der Waals surface area contributed by atoms with Gasteiger partial charge in [0.15, 0.2) is 11.0 Å². The number of aryl methyl sites for hydroxylation is 1. The summed E-state index contributed by atoms with van der Waals surface area (Å²) in [5.41, 5.74) is 2.96. The minimum Gasteiger partial charge on any atom is -0.272 e. The molecular weight excluding hydrogens is 325 g/mol. The molecule has 1 aliphatic rings. The second-order valence-corrected chi connectivity index (χ2v) is 6.92. The average Bonchev–Trinajstić information content (AvgIpc) is 3.01. The van der Waals surface area contributed by atoms with Gasteiger partial charge in [0, 0.05) is 17.2 Å². The van der Waals surface area contributed by atoms with Crippen LogP contribution in [0.3, 0.4) is 0 Å². The minimum absolute atomic E-state index is 0.0688. The van der Waals surface area contributed by atoms with E-state index in [0.717, 1.165) is 16.7 Å². The number of carbonyl (C=O) groups excluding carboxylic acids is 1. The number of hydrogen-bond donors (Lipinski definition) is 0. The van der Waals surface area contributed by atoms with E-state index in [2.05, 4.69) is 10.1 Å². The van der Waals surface area contributed by atoms with E-state index in [-0.39, 0.29) is 17.0 Å². The van der Waals surface area contributed by atoms with E-state index in [1.165, 1.54) is 28.6 Å². The lowest BCUT2D eigenvalue weighted by molar-refractivity contribution is 0.0868. The first-order chi connectivity index (χ1) is 11.6. The molecule has 0 saturated carbocycles. The molecule has 0 fully saturated rings. The minimum atomic E-state index is -0.282. The van der Waals surface area contributed by atoms with Gasteiger partial charge in [-0.15, -0.1) is 5.10 Å². The Bertz CT molecular complexity index is 903. The summed E-state index contributed by atoms with van der Waals surface area (Å²) in [5, 5.41) is 4.86. The van der Waals surface area contributed by atoms with Crippen LogP contribution in [0.15, 0.2) is 53.7 Å². The number of aromatic nitrogens is 3. The molecule has 0 bridgehead atoms. The fourth-order valence-electron chi connectivity index (χ4n) is 2.64. The maximum Gasteiger partial charge on any atom is 0.250 e. The quantitative estimate of drug-likeness (QED) is 0.699. The fraction of sp³-hybridized carbons (Fsp3) is 0.167. The molecule has 6 heteroatoms. The van der Waals surface area contributed by atoms with Gasteiger partial charge in [0.05, 0.1) is 0 Å². The molecule has 1 aliphatic heterocycles. The lowest BCUT2D eigenvalue weighted by Gasteiger charge is -2.20. The third-order valence-electron chi connectivity index (χ3n) is 3.97. The molecule has 24 heavy (non-hydrogen) atoms. The van der Waals surface area contributed by atoms with E-state index >= 15 is 0 Å². The summed E-state index contributed by atoms with van der Waals surface area (Å²) in [7, 11) is 0. The monoisotopic (exact) mass is 339 g/mol. The summed E-state index contributed by atoms with van der Waals surface area (Å²) in [6, 6.07) is 14.1. The van der Waals surface area contributed by atoms with Crippen molar-refractivity contribution in [2.45, 2.75) is 23.8 Å². The first kappa shape index (κ1) is 15.1. The zero-order valence-corrected chi connectivity index (χ0v) is 13.8. The number of rotatable bonds is 2. The summed E-state index contributed by atoms with van der Waals surface area (Å²) < 4.78 is 14.5. The summed E-state index contributed by atoms with van der Waals surface area (Å²) in [6.45, 7) is 2.02. The molecule has 2 heterocycles. The van der Waals surface area contributed by atoms with Gasteiger partial charge in [-0.1, -0.05) is 53.7 Å². The van der Waals surface area contributed by atoms with Crippen molar-refractivity contribution in [3.63, 3.8) is 0 Å². The van der Waals surface area contributed by atoms with Crippen molar-refractivity contribution in [2.75, 3.05) is 0 Å². The SMILES string of the molecule is Cc1ccc(-c2nc3n(n2)C(=O)CC(c2ccc(F)cc2)S3)cc1. The Labute approximate surface area is 142 Å². The Morgan fingerprint density at radius 3 is 2.54 bits per heavy atom. The Morgan fingerprint density at radius 2 is 1.83 bits per heavy atom. The molecule has 4 nitrogen and oxygen atoms in total. The number of nitrogens with zero attached hydrogens (tertiary/aromatic N) is 3. The van der Waals surface area contributed by atoms with Gasteiger partial charge in [0.1, 0.15) is 5.82 Å². The first-order valence-electron chi connectivity index (χ1n) is 7.59. The van der Waals surface area contributed by atoms with Gasteiger partial charge in [-0.3, -0.25) is 4.79 Å². The van der Waals surface area contributed by atoms with E-state index in [9.17, 15) is 9.18 Å². The number of hydrogen-bond acceptors (Lipinski definition) is 4. The first-order valence-corrected chi connectivity index (χ1v) is 8.47. The van der Waals surface area contributed by atoms with Gasteiger partial charge in [0.2, 0.25) is 0 Å². The molecule has 0 aliphatic carbocycles. The Hall–Kier alpha value is -2.47. The van der Waals surface area contributed by atoms with E-state index < -0.39 is 0 Å². The van der Waals surface area contributed by atoms with Crippen LogP contribution in [-0.2, 0) is 0 Å². The maximum absolute atomic E-state index is 13.1. The van der Waals surface area contributed by atoms with Crippen molar-refractivity contribution in [3.8, 4) is 11.4 Å². The zero-order valence-electron chi connectivity index (χ0n) is 12.9. The highest BCUT2D eigenvalue weighted by atomic mass is 32.2. The summed E-state index contributed by atoms with van der Waals surface area (Å²) in [6.07, 6.45) is 0.319. The maximum atomic E-state index is 13.1. The third kappa shape index (κ3) is 2.73. The Balaban J connectivity index is 1.66. The Morgan fingerprint density at radius 1 is 1.12 bits per heavy atom. The smallest absolute Gasteiger partial charge is 0.250 e. The molecule has 0 saturated heterocycles. The van der Waals surface area contributed by atoms with E-state index in [0.29, 0.717) is 17.4 Å². The molecule has 120 valence electrons. The van der Waals surface area contributed by atoms with Gasteiger partial charge in [-0.25, -0.2) is 9.37 Å². The molecule has 0 radical (unpaired) electrons. The average molecular weight is 339 g/mol. The van der Waals surface area contributed by atoms with E-state index in [4.69, 9.17) is 0 Å². The highest BCUT2D eigenvalue weighted by molar-refractivity contribution is 7.99. The molecule has 1 unspecified atom stereocenters. The molecule has 0 spiro atoms. The lowest BCUT2D eigenvalue weighted by Crippen LogP contribution is -2.20. The molecule has 0 N–H and O–H groups in total. The van der Waals surface area contributed by atoms with Crippen LogP contribution < -0.4 is 0 Å². The normalized spacial score (nSPS) is 16.9. The van der Waals surface area contributed by atoms with Gasteiger partial charge in [-0.2, -0.15) is 4.68 Å². The van der Waals surface area contributed by atoms with Crippen LogP contribution in [0.5, 0.6) is 0 Å². The van der Waals surface area contributed by atoms with Crippen molar-refractivity contribution in [2.24, 2.45) is 0 Å². The summed E-state index contributed by atoms with van der Waals surface area (Å²) >= 11 is 1.48. The van der Waals surface area contributed by atoms with Crippen molar-refractivity contribution >= 4 is 17.7 Å². The second kappa shape index (κ2) is 5.87. The summed E-state index contributed by atoms with van der Waals surface area (Å²) in [4.78, 5) is 16.9. The molecule has 3 aromatic rings. The van der Waals surface area contributed by atoms with Crippen LogP contribution in [0, 0.1) is 12.7 Å². The standard InChI is InChI=1S/C18H14FN3OS/c1-11-2-4-13(5-3-11)17-20-18-22(21-17)16(23)10-15(24-18)12-6-8-14(19)9-7-12/h2-9,15H,10H2,1H3. The van der Waals surface area contributed by atoms with Gasteiger partial charge in [-0.05, 0) is 24.6 Å².